The molecule has 5 rings (SSSR count). The second-order valence-corrected chi connectivity index (χ2v) is 7.67. The topological polar surface area (TPSA) is 69.5 Å². The molecule has 2 aliphatic heterocycles. The summed E-state index contributed by atoms with van der Waals surface area (Å²) in [6.45, 7) is 3.84. The van der Waals surface area contributed by atoms with Crippen molar-refractivity contribution in [2.45, 2.75) is 32.2 Å². The summed E-state index contributed by atoms with van der Waals surface area (Å²) in [5, 5.41) is 8.97. The fourth-order valence-corrected chi connectivity index (χ4v) is 4.13. The highest BCUT2D eigenvalue weighted by atomic mass is 16.5. The van der Waals surface area contributed by atoms with Gasteiger partial charge in [0.25, 0.3) is 5.91 Å². The molecule has 2 aromatic carbocycles. The summed E-state index contributed by atoms with van der Waals surface area (Å²) in [5.41, 5.74) is 2.94. The molecule has 1 amide bonds. The molecule has 30 heavy (non-hydrogen) atoms. The Balaban J connectivity index is 1.42. The number of hydrogen-bond acceptors (Lipinski definition) is 5. The second-order valence-electron chi connectivity index (χ2n) is 7.67. The van der Waals surface area contributed by atoms with Crippen molar-refractivity contribution in [2.24, 2.45) is 0 Å². The van der Waals surface area contributed by atoms with E-state index in [9.17, 15) is 4.79 Å². The fraction of sp³-hybridized carbons (Fsp3) is 0.348. The Labute approximate surface area is 175 Å². The lowest BCUT2D eigenvalue weighted by molar-refractivity contribution is 0.0728. The van der Waals surface area contributed by atoms with Crippen LogP contribution in [0.15, 0.2) is 48.5 Å². The lowest BCUT2D eigenvalue weighted by Crippen LogP contribution is -2.31. The number of benzene rings is 2. The first-order valence-corrected chi connectivity index (χ1v) is 10.4. The van der Waals surface area contributed by atoms with Crippen LogP contribution in [0.1, 0.15) is 47.1 Å². The van der Waals surface area contributed by atoms with Gasteiger partial charge in [-0.1, -0.05) is 24.3 Å². The molecule has 2 aliphatic rings. The number of hydrogen-bond donors (Lipinski definition) is 0. The molecular formula is C23H24N4O3. The monoisotopic (exact) mass is 404 g/mol. The Kier molecular flexibility index (Phi) is 4.86. The van der Waals surface area contributed by atoms with Crippen molar-refractivity contribution in [3.8, 4) is 17.2 Å². The first kappa shape index (κ1) is 18.7. The van der Waals surface area contributed by atoms with Crippen LogP contribution < -0.4 is 9.47 Å². The predicted molar refractivity (Wildman–Crippen MR) is 111 cm³/mol. The molecule has 7 heteroatoms. The zero-order chi connectivity index (χ0) is 20.5. The van der Waals surface area contributed by atoms with Gasteiger partial charge < -0.3 is 14.4 Å². The van der Waals surface area contributed by atoms with E-state index in [1.807, 2.05) is 60.4 Å². The number of amides is 1. The molecular weight excluding hydrogens is 380 g/mol. The van der Waals surface area contributed by atoms with Crippen LogP contribution in [0.25, 0.3) is 5.69 Å². The normalized spacial score (nSPS) is 18.3. The van der Waals surface area contributed by atoms with Crippen molar-refractivity contribution >= 4 is 5.91 Å². The number of aryl methyl sites for hydroxylation is 1. The lowest BCUT2D eigenvalue weighted by atomic mass is 10.0. The van der Waals surface area contributed by atoms with E-state index in [1.54, 1.807) is 0 Å². The average molecular weight is 404 g/mol. The van der Waals surface area contributed by atoms with Crippen LogP contribution >= 0.6 is 0 Å². The quantitative estimate of drug-likeness (QED) is 0.666. The summed E-state index contributed by atoms with van der Waals surface area (Å²) in [6.07, 6.45) is 2.74. The minimum atomic E-state index is -0.0794. The molecule has 0 N–H and O–H groups in total. The maximum absolute atomic E-state index is 13.4. The number of nitrogens with zero attached hydrogens (tertiary/aromatic N) is 4. The third-order valence-electron chi connectivity index (χ3n) is 5.64. The molecule has 0 bridgehead atoms. The van der Waals surface area contributed by atoms with Crippen LogP contribution in [0.5, 0.6) is 11.5 Å². The van der Waals surface area contributed by atoms with E-state index >= 15 is 0 Å². The number of aromatic nitrogens is 3. The summed E-state index contributed by atoms with van der Waals surface area (Å²) in [6, 6.07) is 15.6. The number of fused-ring (bicyclic) bond motifs is 1. The van der Waals surface area contributed by atoms with Gasteiger partial charge in [-0.25, -0.2) is 0 Å². The third-order valence-corrected chi connectivity index (χ3v) is 5.64. The standard InChI is InChI=1S/C23H24N4O3/c1-16-22(25-27(24-16)18-7-3-2-4-8-18)23(28)26-12-5-9-19(26)17-10-11-20-21(15-17)30-14-6-13-29-20/h2-4,7-8,10-11,15,19H,5-6,9,12-14H2,1H3/t19-/m1/s1. The molecule has 3 heterocycles. The van der Waals surface area contributed by atoms with E-state index in [0.717, 1.165) is 42.0 Å². The van der Waals surface area contributed by atoms with Crippen LogP contribution in [0, 0.1) is 6.92 Å². The Morgan fingerprint density at radius 2 is 1.80 bits per heavy atom. The van der Waals surface area contributed by atoms with Gasteiger partial charge in [0.15, 0.2) is 17.2 Å². The summed E-state index contributed by atoms with van der Waals surface area (Å²) in [4.78, 5) is 16.8. The number of likely N-dealkylation sites (tertiary alicyclic amines) is 1. The van der Waals surface area contributed by atoms with Gasteiger partial charge in [-0.15, -0.1) is 5.10 Å². The Hall–Kier alpha value is -3.35. The molecule has 1 saturated heterocycles. The molecule has 1 aromatic heterocycles. The van der Waals surface area contributed by atoms with Gasteiger partial charge in [0.2, 0.25) is 0 Å². The van der Waals surface area contributed by atoms with E-state index in [2.05, 4.69) is 10.2 Å². The SMILES string of the molecule is Cc1nn(-c2ccccc2)nc1C(=O)N1CCC[C@@H]1c1ccc2c(c1)OCCCO2. The number of ether oxygens (including phenoxy) is 2. The van der Waals surface area contributed by atoms with Gasteiger partial charge in [0.1, 0.15) is 0 Å². The van der Waals surface area contributed by atoms with Crippen molar-refractivity contribution in [3.63, 3.8) is 0 Å². The number of carbonyl (C=O) groups is 1. The zero-order valence-corrected chi connectivity index (χ0v) is 17.0. The zero-order valence-electron chi connectivity index (χ0n) is 17.0. The van der Waals surface area contributed by atoms with Crippen LogP contribution in [0.4, 0.5) is 0 Å². The van der Waals surface area contributed by atoms with Crippen LogP contribution in [-0.4, -0.2) is 45.6 Å². The van der Waals surface area contributed by atoms with Gasteiger partial charge in [-0.2, -0.15) is 9.90 Å². The fourth-order valence-electron chi connectivity index (χ4n) is 4.13. The Morgan fingerprint density at radius 3 is 2.63 bits per heavy atom. The predicted octanol–water partition coefficient (Wildman–Crippen LogP) is 3.71. The molecule has 1 fully saturated rings. The molecule has 0 spiro atoms. The smallest absolute Gasteiger partial charge is 0.276 e. The Morgan fingerprint density at radius 1 is 1.00 bits per heavy atom. The van der Waals surface area contributed by atoms with Crippen molar-refractivity contribution in [1.82, 2.24) is 19.9 Å². The molecule has 154 valence electrons. The second kappa shape index (κ2) is 7.82. The lowest BCUT2D eigenvalue weighted by Gasteiger charge is -2.25. The van der Waals surface area contributed by atoms with Gasteiger partial charge in [-0.3, -0.25) is 4.79 Å². The van der Waals surface area contributed by atoms with Crippen molar-refractivity contribution in [1.29, 1.82) is 0 Å². The van der Waals surface area contributed by atoms with Gasteiger partial charge in [0, 0.05) is 13.0 Å². The van der Waals surface area contributed by atoms with E-state index in [-0.39, 0.29) is 11.9 Å². The maximum Gasteiger partial charge on any atom is 0.276 e. The number of para-hydroxylation sites is 1. The first-order chi connectivity index (χ1) is 14.7. The van der Waals surface area contributed by atoms with E-state index in [0.29, 0.717) is 31.1 Å². The van der Waals surface area contributed by atoms with Crippen LogP contribution in [0.3, 0.4) is 0 Å². The number of rotatable bonds is 3. The van der Waals surface area contributed by atoms with E-state index < -0.39 is 0 Å². The summed E-state index contributed by atoms with van der Waals surface area (Å²) in [7, 11) is 0. The highest BCUT2D eigenvalue weighted by molar-refractivity contribution is 5.93. The third kappa shape index (κ3) is 3.40. The molecule has 1 atom stereocenters. The first-order valence-electron chi connectivity index (χ1n) is 10.4. The molecule has 0 unspecified atom stereocenters. The van der Waals surface area contributed by atoms with Crippen molar-refractivity contribution in [3.05, 3.63) is 65.5 Å². The molecule has 0 aliphatic carbocycles. The highest BCUT2D eigenvalue weighted by Crippen LogP contribution is 2.38. The van der Waals surface area contributed by atoms with Crippen LogP contribution in [0.2, 0.25) is 0 Å². The minimum absolute atomic E-state index is 0.00377. The maximum atomic E-state index is 13.4. The van der Waals surface area contributed by atoms with Gasteiger partial charge >= 0.3 is 0 Å². The highest BCUT2D eigenvalue weighted by Gasteiger charge is 2.33. The molecule has 0 radical (unpaired) electrons. The largest absolute Gasteiger partial charge is 0.490 e. The number of carbonyl (C=O) groups excluding carboxylic acids is 1. The molecule has 7 nitrogen and oxygen atoms in total. The summed E-state index contributed by atoms with van der Waals surface area (Å²) in [5.74, 6) is 1.45. The molecule has 0 saturated carbocycles. The average Bonchev–Trinajstić information content (AvgIpc) is 3.34. The summed E-state index contributed by atoms with van der Waals surface area (Å²) < 4.78 is 11.6. The van der Waals surface area contributed by atoms with Crippen molar-refractivity contribution in [2.75, 3.05) is 19.8 Å². The van der Waals surface area contributed by atoms with Crippen LogP contribution in [-0.2, 0) is 0 Å². The summed E-state index contributed by atoms with van der Waals surface area (Å²) >= 11 is 0. The Bertz CT molecular complexity index is 1060. The molecule has 3 aromatic rings. The van der Waals surface area contributed by atoms with E-state index in [4.69, 9.17) is 9.47 Å². The van der Waals surface area contributed by atoms with Gasteiger partial charge in [0.05, 0.1) is 30.6 Å². The minimum Gasteiger partial charge on any atom is -0.490 e. The van der Waals surface area contributed by atoms with Crippen molar-refractivity contribution < 1.29 is 14.3 Å². The van der Waals surface area contributed by atoms with E-state index in [1.165, 1.54) is 4.80 Å². The van der Waals surface area contributed by atoms with Gasteiger partial charge in [-0.05, 0) is 49.6 Å².